The molecule has 94 valence electrons. The van der Waals surface area contributed by atoms with E-state index in [4.69, 9.17) is 11.2 Å². The van der Waals surface area contributed by atoms with Gasteiger partial charge in [0.1, 0.15) is 0 Å². The molecule has 0 saturated carbocycles. The van der Waals surface area contributed by atoms with Gasteiger partial charge in [-0.3, -0.25) is 9.69 Å². The predicted octanol–water partition coefficient (Wildman–Crippen LogP) is -1.39. The number of nitrogens with zero attached hydrogens (tertiary/aromatic N) is 1. The molecule has 0 aliphatic carbocycles. The van der Waals surface area contributed by atoms with Crippen molar-refractivity contribution in [2.75, 3.05) is 39.9 Å². The van der Waals surface area contributed by atoms with E-state index in [1.54, 1.807) is 0 Å². The molecule has 0 aromatic heterocycles. The Morgan fingerprint density at radius 1 is 1.65 bits per heavy atom. The summed E-state index contributed by atoms with van der Waals surface area (Å²) in [5.74, 6) is 1.75. The van der Waals surface area contributed by atoms with E-state index in [9.17, 15) is 9.59 Å². The van der Waals surface area contributed by atoms with Crippen LogP contribution in [-0.2, 0) is 19.1 Å². The standard InChI is InChI=1S/C11H16N2O4/c1-3-4-12-10(14)8-13-5-6-17-9(7-13)11(15)16-2/h1,9H,4-8H2,2H3,(H,12,14). The molecular formula is C11H16N2O4. The number of nitrogens with one attached hydrogen (secondary N) is 1. The minimum atomic E-state index is -0.616. The Hall–Kier alpha value is -1.58. The molecule has 1 atom stereocenters. The van der Waals surface area contributed by atoms with Crippen molar-refractivity contribution < 1.29 is 19.1 Å². The lowest BCUT2D eigenvalue weighted by Crippen LogP contribution is -2.49. The first-order chi connectivity index (χ1) is 8.17. The highest BCUT2D eigenvalue weighted by atomic mass is 16.6. The zero-order valence-corrected chi connectivity index (χ0v) is 9.77. The van der Waals surface area contributed by atoms with Gasteiger partial charge in [0.15, 0.2) is 6.10 Å². The predicted molar refractivity (Wildman–Crippen MR) is 60.0 cm³/mol. The number of amides is 1. The van der Waals surface area contributed by atoms with E-state index < -0.39 is 12.1 Å². The zero-order chi connectivity index (χ0) is 12.7. The van der Waals surface area contributed by atoms with Crippen LogP contribution in [0.25, 0.3) is 0 Å². The summed E-state index contributed by atoms with van der Waals surface area (Å²) >= 11 is 0. The number of hydrogen-bond acceptors (Lipinski definition) is 5. The average molecular weight is 240 g/mol. The lowest BCUT2D eigenvalue weighted by atomic mass is 10.2. The molecule has 1 heterocycles. The summed E-state index contributed by atoms with van der Waals surface area (Å²) in [7, 11) is 1.31. The fourth-order valence-corrected chi connectivity index (χ4v) is 1.53. The molecule has 0 spiro atoms. The number of methoxy groups -OCH3 is 1. The molecule has 6 nitrogen and oxygen atoms in total. The average Bonchev–Trinajstić information content (AvgIpc) is 2.35. The molecule has 1 aliphatic heterocycles. The molecule has 0 bridgehead atoms. The second kappa shape index (κ2) is 6.89. The van der Waals surface area contributed by atoms with Gasteiger partial charge in [-0.25, -0.2) is 4.79 Å². The molecule has 0 aromatic rings. The number of terminal acetylenes is 1. The van der Waals surface area contributed by atoms with Crippen molar-refractivity contribution in [2.24, 2.45) is 0 Å². The highest BCUT2D eigenvalue weighted by molar-refractivity contribution is 5.78. The maximum atomic E-state index is 11.4. The molecule has 1 rings (SSSR count). The molecule has 1 fully saturated rings. The van der Waals surface area contributed by atoms with Crippen LogP contribution in [0, 0.1) is 12.3 Å². The maximum Gasteiger partial charge on any atom is 0.336 e. The molecular weight excluding hydrogens is 224 g/mol. The van der Waals surface area contributed by atoms with Crippen molar-refractivity contribution in [1.29, 1.82) is 0 Å². The summed E-state index contributed by atoms with van der Waals surface area (Å²) in [5, 5.41) is 2.56. The van der Waals surface area contributed by atoms with Gasteiger partial charge in [-0.05, 0) is 0 Å². The third kappa shape index (κ3) is 4.43. The Morgan fingerprint density at radius 2 is 2.41 bits per heavy atom. The number of carbonyl (C=O) groups excluding carboxylic acids is 2. The largest absolute Gasteiger partial charge is 0.467 e. The van der Waals surface area contributed by atoms with Crippen LogP contribution in [0.4, 0.5) is 0 Å². The van der Waals surface area contributed by atoms with Crippen molar-refractivity contribution in [3.8, 4) is 12.3 Å². The number of esters is 1. The Labute approximate surface area is 100 Å². The van der Waals surface area contributed by atoms with Crippen molar-refractivity contribution >= 4 is 11.9 Å². The van der Waals surface area contributed by atoms with E-state index in [-0.39, 0.29) is 19.0 Å². The van der Waals surface area contributed by atoms with Gasteiger partial charge in [0.05, 0.1) is 26.8 Å². The zero-order valence-electron chi connectivity index (χ0n) is 9.77. The monoisotopic (exact) mass is 240 g/mol. The van der Waals surface area contributed by atoms with Gasteiger partial charge >= 0.3 is 5.97 Å². The first kappa shape index (κ1) is 13.5. The topological polar surface area (TPSA) is 67.9 Å². The van der Waals surface area contributed by atoms with Crippen LogP contribution in [0.5, 0.6) is 0 Å². The van der Waals surface area contributed by atoms with E-state index >= 15 is 0 Å². The Bertz CT molecular complexity index is 324. The van der Waals surface area contributed by atoms with Crippen LogP contribution < -0.4 is 5.32 Å². The van der Waals surface area contributed by atoms with Gasteiger partial charge in [-0.1, -0.05) is 5.92 Å². The van der Waals surface area contributed by atoms with Crippen molar-refractivity contribution in [1.82, 2.24) is 10.2 Å². The summed E-state index contributed by atoms with van der Waals surface area (Å²) in [4.78, 5) is 24.5. The van der Waals surface area contributed by atoms with Gasteiger partial charge in [0, 0.05) is 13.1 Å². The number of ether oxygens (including phenoxy) is 2. The minimum Gasteiger partial charge on any atom is -0.467 e. The van der Waals surface area contributed by atoms with E-state index in [0.717, 1.165) is 0 Å². The summed E-state index contributed by atoms with van der Waals surface area (Å²) in [6.07, 6.45) is 4.41. The van der Waals surface area contributed by atoms with Crippen LogP contribution >= 0.6 is 0 Å². The van der Waals surface area contributed by atoms with Gasteiger partial charge < -0.3 is 14.8 Å². The molecule has 0 aromatic carbocycles. The SMILES string of the molecule is C#CCNC(=O)CN1CCOC(C(=O)OC)C1. The van der Waals surface area contributed by atoms with Crippen molar-refractivity contribution in [3.63, 3.8) is 0 Å². The van der Waals surface area contributed by atoms with Crippen molar-refractivity contribution in [3.05, 3.63) is 0 Å². The molecule has 1 unspecified atom stereocenters. The number of carbonyl (C=O) groups is 2. The van der Waals surface area contributed by atoms with Crippen LogP contribution in [0.3, 0.4) is 0 Å². The third-order valence-corrected chi connectivity index (χ3v) is 2.37. The maximum absolute atomic E-state index is 11.4. The Kier molecular flexibility index (Phi) is 5.46. The smallest absolute Gasteiger partial charge is 0.336 e. The van der Waals surface area contributed by atoms with Crippen LogP contribution in [0.1, 0.15) is 0 Å². The summed E-state index contributed by atoms with van der Waals surface area (Å²) < 4.78 is 9.83. The lowest BCUT2D eigenvalue weighted by molar-refractivity contribution is -0.160. The quantitative estimate of drug-likeness (QED) is 0.484. The number of hydrogen-bond donors (Lipinski definition) is 1. The molecule has 1 saturated heterocycles. The highest BCUT2D eigenvalue weighted by Gasteiger charge is 2.28. The van der Waals surface area contributed by atoms with Crippen molar-refractivity contribution in [2.45, 2.75) is 6.10 Å². The molecule has 1 amide bonds. The second-order valence-corrected chi connectivity index (χ2v) is 3.60. The van der Waals surface area contributed by atoms with E-state index in [2.05, 4.69) is 16.0 Å². The molecule has 17 heavy (non-hydrogen) atoms. The number of morpholine rings is 1. The van der Waals surface area contributed by atoms with Gasteiger partial charge in [-0.2, -0.15) is 0 Å². The normalized spacial score (nSPS) is 20.4. The van der Waals surface area contributed by atoms with Gasteiger partial charge in [0.2, 0.25) is 5.91 Å². The number of rotatable bonds is 4. The van der Waals surface area contributed by atoms with Crippen LogP contribution in [0.15, 0.2) is 0 Å². The molecule has 0 radical (unpaired) electrons. The van der Waals surface area contributed by atoms with Gasteiger partial charge in [0.25, 0.3) is 0 Å². The highest BCUT2D eigenvalue weighted by Crippen LogP contribution is 2.06. The summed E-state index contributed by atoms with van der Waals surface area (Å²) in [5.41, 5.74) is 0. The fraction of sp³-hybridized carbons (Fsp3) is 0.636. The van der Waals surface area contributed by atoms with E-state index in [1.165, 1.54) is 7.11 Å². The molecule has 1 aliphatic rings. The third-order valence-electron chi connectivity index (χ3n) is 2.37. The van der Waals surface area contributed by atoms with E-state index in [0.29, 0.717) is 19.7 Å². The summed E-state index contributed by atoms with van der Waals surface area (Å²) in [6.45, 7) is 1.79. The Balaban J connectivity index is 2.37. The minimum absolute atomic E-state index is 0.159. The molecule has 6 heteroatoms. The second-order valence-electron chi connectivity index (χ2n) is 3.60. The van der Waals surface area contributed by atoms with Crippen LogP contribution in [-0.4, -0.2) is 62.8 Å². The molecule has 1 N–H and O–H groups in total. The fourth-order valence-electron chi connectivity index (χ4n) is 1.53. The van der Waals surface area contributed by atoms with Crippen LogP contribution in [0.2, 0.25) is 0 Å². The van der Waals surface area contributed by atoms with Gasteiger partial charge in [-0.15, -0.1) is 6.42 Å². The first-order valence-corrected chi connectivity index (χ1v) is 5.29. The van der Waals surface area contributed by atoms with E-state index in [1.807, 2.05) is 4.90 Å². The Morgan fingerprint density at radius 3 is 3.06 bits per heavy atom. The summed E-state index contributed by atoms with van der Waals surface area (Å²) in [6, 6.07) is 0. The first-order valence-electron chi connectivity index (χ1n) is 5.29. The lowest BCUT2D eigenvalue weighted by Gasteiger charge is -2.30.